The topological polar surface area (TPSA) is 62.7 Å². The van der Waals surface area contributed by atoms with Gasteiger partial charge in [-0.05, 0) is 32.0 Å². The second kappa shape index (κ2) is 5.14. The van der Waals surface area contributed by atoms with Gasteiger partial charge in [0.15, 0.2) is 0 Å². The predicted octanol–water partition coefficient (Wildman–Crippen LogP) is 1.25. The molecule has 0 aromatic carbocycles. The molecule has 1 aromatic rings. The van der Waals surface area contributed by atoms with Gasteiger partial charge in [0.25, 0.3) is 0 Å². The first kappa shape index (κ1) is 11.9. The lowest BCUT2D eigenvalue weighted by Gasteiger charge is -2.29. The van der Waals surface area contributed by atoms with Crippen molar-refractivity contribution in [1.29, 1.82) is 0 Å². The maximum absolute atomic E-state index is 11.0. The number of rotatable bonds is 3. The Morgan fingerprint density at radius 3 is 2.88 bits per heavy atom. The van der Waals surface area contributed by atoms with Gasteiger partial charge in [-0.25, -0.2) is 9.78 Å². The van der Waals surface area contributed by atoms with Crippen LogP contribution < -0.4 is 4.74 Å². The van der Waals surface area contributed by atoms with E-state index in [9.17, 15) is 4.79 Å². The van der Waals surface area contributed by atoms with Crippen molar-refractivity contribution in [2.45, 2.75) is 18.9 Å². The number of likely N-dealkylation sites (tertiary alicyclic amines) is 1. The number of piperidine rings is 1. The Morgan fingerprint density at radius 2 is 2.24 bits per heavy atom. The lowest BCUT2D eigenvalue weighted by molar-refractivity contribution is 0.0677. The zero-order chi connectivity index (χ0) is 12.3. The molecule has 1 N–H and O–H groups in total. The van der Waals surface area contributed by atoms with Crippen LogP contribution in [0.15, 0.2) is 18.3 Å². The van der Waals surface area contributed by atoms with Crippen LogP contribution in [0.5, 0.6) is 5.88 Å². The van der Waals surface area contributed by atoms with E-state index >= 15 is 0 Å². The van der Waals surface area contributed by atoms with Crippen LogP contribution in [0.1, 0.15) is 23.2 Å². The summed E-state index contributed by atoms with van der Waals surface area (Å²) in [6.45, 7) is 1.94. The van der Waals surface area contributed by atoms with Gasteiger partial charge in [0.1, 0.15) is 11.7 Å². The SMILES string of the molecule is CN1CCC(Oc2ncccc2C(=O)O)CC1. The van der Waals surface area contributed by atoms with E-state index in [1.54, 1.807) is 12.3 Å². The zero-order valence-electron chi connectivity index (χ0n) is 9.80. The maximum Gasteiger partial charge on any atom is 0.341 e. The normalized spacial score (nSPS) is 17.9. The summed E-state index contributed by atoms with van der Waals surface area (Å²) in [5.41, 5.74) is 0.131. The molecule has 0 unspecified atom stereocenters. The third-order valence-corrected chi connectivity index (χ3v) is 2.95. The number of carboxylic acids is 1. The van der Waals surface area contributed by atoms with Crippen LogP contribution in [0, 0.1) is 0 Å². The van der Waals surface area contributed by atoms with Crippen molar-refractivity contribution in [2.75, 3.05) is 20.1 Å². The van der Waals surface area contributed by atoms with Crippen LogP contribution in [0.3, 0.4) is 0 Å². The summed E-state index contributed by atoms with van der Waals surface area (Å²) >= 11 is 0. The van der Waals surface area contributed by atoms with Gasteiger partial charge in [0, 0.05) is 19.3 Å². The smallest absolute Gasteiger partial charge is 0.341 e. The Kier molecular flexibility index (Phi) is 3.58. The molecule has 0 aliphatic carbocycles. The average molecular weight is 236 g/mol. The first-order valence-electron chi connectivity index (χ1n) is 5.70. The van der Waals surface area contributed by atoms with Crippen LogP contribution in [0.4, 0.5) is 0 Å². The highest BCUT2D eigenvalue weighted by atomic mass is 16.5. The Hall–Kier alpha value is -1.62. The van der Waals surface area contributed by atoms with Crippen LogP contribution in [0.25, 0.3) is 0 Å². The molecule has 0 radical (unpaired) electrons. The Balaban J connectivity index is 2.05. The number of aromatic carboxylic acids is 1. The van der Waals surface area contributed by atoms with Crippen molar-refractivity contribution in [1.82, 2.24) is 9.88 Å². The molecule has 0 atom stereocenters. The molecule has 0 amide bonds. The molecule has 0 saturated carbocycles. The van der Waals surface area contributed by atoms with E-state index in [0.717, 1.165) is 25.9 Å². The summed E-state index contributed by atoms with van der Waals surface area (Å²) in [5, 5.41) is 9.01. The molecule has 1 fully saturated rings. The van der Waals surface area contributed by atoms with Gasteiger partial charge < -0.3 is 14.7 Å². The molecule has 1 aliphatic rings. The number of hydrogen-bond acceptors (Lipinski definition) is 4. The fraction of sp³-hybridized carbons (Fsp3) is 0.500. The van der Waals surface area contributed by atoms with Gasteiger partial charge in [-0.2, -0.15) is 0 Å². The first-order valence-corrected chi connectivity index (χ1v) is 5.70. The summed E-state index contributed by atoms with van der Waals surface area (Å²) in [6.07, 6.45) is 3.44. The average Bonchev–Trinajstić information content (AvgIpc) is 2.32. The summed E-state index contributed by atoms with van der Waals surface area (Å²) in [7, 11) is 2.07. The summed E-state index contributed by atoms with van der Waals surface area (Å²) < 4.78 is 5.68. The highest BCUT2D eigenvalue weighted by molar-refractivity contribution is 5.90. The van der Waals surface area contributed by atoms with Crippen molar-refractivity contribution in [2.24, 2.45) is 0 Å². The molecular formula is C12H16N2O3. The van der Waals surface area contributed by atoms with Crippen molar-refractivity contribution in [3.8, 4) is 5.88 Å². The molecule has 0 spiro atoms. The standard InChI is InChI=1S/C12H16N2O3/c1-14-7-4-9(5-8-14)17-11-10(12(15)16)3-2-6-13-11/h2-3,6,9H,4-5,7-8H2,1H3,(H,15,16). The van der Waals surface area contributed by atoms with Gasteiger partial charge in [-0.15, -0.1) is 0 Å². The molecule has 5 nitrogen and oxygen atoms in total. The minimum atomic E-state index is -0.999. The van der Waals surface area contributed by atoms with Gasteiger partial charge in [0.05, 0.1) is 0 Å². The van der Waals surface area contributed by atoms with Crippen molar-refractivity contribution < 1.29 is 14.6 Å². The van der Waals surface area contributed by atoms with E-state index < -0.39 is 5.97 Å². The lowest BCUT2D eigenvalue weighted by atomic mass is 10.1. The lowest BCUT2D eigenvalue weighted by Crippen LogP contribution is -2.36. The highest BCUT2D eigenvalue weighted by Crippen LogP contribution is 2.20. The molecule has 17 heavy (non-hydrogen) atoms. The van der Waals surface area contributed by atoms with E-state index in [-0.39, 0.29) is 17.5 Å². The second-order valence-corrected chi connectivity index (χ2v) is 4.28. The fourth-order valence-corrected chi connectivity index (χ4v) is 1.91. The van der Waals surface area contributed by atoms with E-state index in [4.69, 9.17) is 9.84 Å². The quantitative estimate of drug-likeness (QED) is 0.855. The van der Waals surface area contributed by atoms with Crippen LogP contribution in [-0.4, -0.2) is 47.2 Å². The number of ether oxygens (including phenoxy) is 1. The largest absolute Gasteiger partial charge is 0.477 e. The Bertz CT molecular complexity index is 400. The minimum absolute atomic E-state index is 0.0687. The predicted molar refractivity (Wildman–Crippen MR) is 62.3 cm³/mol. The number of aromatic nitrogens is 1. The van der Waals surface area contributed by atoms with E-state index in [1.807, 2.05) is 0 Å². The third-order valence-electron chi connectivity index (χ3n) is 2.95. The minimum Gasteiger partial charge on any atom is -0.477 e. The maximum atomic E-state index is 11.0. The van der Waals surface area contributed by atoms with Gasteiger partial charge in [-0.3, -0.25) is 0 Å². The molecule has 2 heterocycles. The zero-order valence-corrected chi connectivity index (χ0v) is 9.80. The molecular weight excluding hydrogens is 220 g/mol. The highest BCUT2D eigenvalue weighted by Gasteiger charge is 2.21. The molecule has 1 aromatic heterocycles. The summed E-state index contributed by atoms with van der Waals surface area (Å²) in [6, 6.07) is 3.12. The summed E-state index contributed by atoms with van der Waals surface area (Å²) in [5.74, 6) is -0.768. The second-order valence-electron chi connectivity index (χ2n) is 4.28. The molecule has 1 saturated heterocycles. The Morgan fingerprint density at radius 1 is 1.53 bits per heavy atom. The Labute approximate surface area is 100 Å². The number of nitrogens with zero attached hydrogens (tertiary/aromatic N) is 2. The van der Waals surface area contributed by atoms with Crippen molar-refractivity contribution in [3.63, 3.8) is 0 Å². The van der Waals surface area contributed by atoms with Crippen molar-refractivity contribution in [3.05, 3.63) is 23.9 Å². The molecule has 92 valence electrons. The van der Waals surface area contributed by atoms with Crippen molar-refractivity contribution >= 4 is 5.97 Å². The number of pyridine rings is 1. The van der Waals surface area contributed by atoms with E-state index in [0.29, 0.717) is 0 Å². The first-order chi connectivity index (χ1) is 8.16. The number of carboxylic acid groups (broad SMARTS) is 1. The molecule has 5 heteroatoms. The van der Waals surface area contributed by atoms with Gasteiger partial charge in [-0.1, -0.05) is 0 Å². The fourth-order valence-electron chi connectivity index (χ4n) is 1.91. The van der Waals surface area contributed by atoms with Gasteiger partial charge >= 0.3 is 5.97 Å². The van der Waals surface area contributed by atoms with E-state index in [2.05, 4.69) is 16.9 Å². The third kappa shape index (κ3) is 2.94. The van der Waals surface area contributed by atoms with Gasteiger partial charge in [0.2, 0.25) is 5.88 Å². The monoisotopic (exact) mass is 236 g/mol. The number of hydrogen-bond donors (Lipinski definition) is 1. The molecule has 0 bridgehead atoms. The summed E-state index contributed by atoms with van der Waals surface area (Å²) in [4.78, 5) is 17.2. The van der Waals surface area contributed by atoms with Crippen LogP contribution in [-0.2, 0) is 0 Å². The van der Waals surface area contributed by atoms with Crippen LogP contribution in [0.2, 0.25) is 0 Å². The van der Waals surface area contributed by atoms with E-state index in [1.165, 1.54) is 6.07 Å². The van der Waals surface area contributed by atoms with Crippen LogP contribution >= 0.6 is 0 Å². The number of carbonyl (C=O) groups is 1. The molecule has 1 aliphatic heterocycles. The molecule has 2 rings (SSSR count).